The fourth-order valence-electron chi connectivity index (χ4n) is 2.98. The van der Waals surface area contributed by atoms with E-state index in [1.54, 1.807) is 0 Å². The maximum absolute atomic E-state index is 12.6. The smallest absolute Gasteiger partial charge is 0.306 e. The van der Waals surface area contributed by atoms with E-state index in [0.717, 1.165) is 17.5 Å². The highest BCUT2D eigenvalue weighted by Gasteiger charge is 2.31. The van der Waals surface area contributed by atoms with Crippen molar-refractivity contribution in [3.8, 4) is 0 Å². The maximum atomic E-state index is 12.6. The van der Waals surface area contributed by atoms with Crippen molar-refractivity contribution in [1.82, 2.24) is 4.90 Å². The number of aliphatic carboxylic acids is 1. The van der Waals surface area contributed by atoms with Gasteiger partial charge in [0.25, 0.3) is 0 Å². The Morgan fingerprint density at radius 2 is 1.81 bits per heavy atom. The first-order valence-electron chi connectivity index (χ1n) is 7.60. The molecule has 1 unspecified atom stereocenters. The van der Waals surface area contributed by atoms with Gasteiger partial charge >= 0.3 is 5.97 Å². The van der Waals surface area contributed by atoms with E-state index in [1.807, 2.05) is 38.1 Å². The zero-order valence-electron chi connectivity index (χ0n) is 12.7. The molecule has 0 radical (unpaired) electrons. The minimum absolute atomic E-state index is 0.137. The fourth-order valence-corrected chi connectivity index (χ4v) is 2.98. The van der Waals surface area contributed by atoms with E-state index in [4.69, 9.17) is 5.11 Å². The molecule has 0 bridgehead atoms. The third-order valence-corrected chi connectivity index (χ3v) is 4.34. The number of carbonyl (C=O) groups excluding carboxylic acids is 1. The Hall–Kier alpha value is -1.68. The van der Waals surface area contributed by atoms with Crippen LogP contribution in [0.2, 0.25) is 0 Å². The standard InChI is InChI=1S/C17H23NO3/c1-3-15(16(19)13-6-4-12(2)5-7-13)18-10-8-14(9-11-18)17(20)21/h4-7,14-15H,3,8-11H2,1-2H3,(H,20,21). The zero-order valence-corrected chi connectivity index (χ0v) is 12.7. The molecule has 1 heterocycles. The summed E-state index contributed by atoms with van der Waals surface area (Å²) in [5.74, 6) is -0.827. The Bertz CT molecular complexity index is 501. The highest BCUT2D eigenvalue weighted by Crippen LogP contribution is 2.22. The van der Waals surface area contributed by atoms with E-state index in [2.05, 4.69) is 4.90 Å². The lowest BCUT2D eigenvalue weighted by Crippen LogP contribution is -2.46. The highest BCUT2D eigenvalue weighted by atomic mass is 16.4. The first-order valence-corrected chi connectivity index (χ1v) is 7.60. The number of piperidine rings is 1. The summed E-state index contributed by atoms with van der Waals surface area (Å²) in [6.45, 7) is 5.39. The first-order chi connectivity index (χ1) is 10.0. The van der Waals surface area contributed by atoms with Crippen LogP contribution in [0, 0.1) is 12.8 Å². The number of hydrogen-bond donors (Lipinski definition) is 1. The van der Waals surface area contributed by atoms with Gasteiger partial charge in [0.2, 0.25) is 0 Å². The SMILES string of the molecule is CCC(C(=O)c1ccc(C)cc1)N1CCC(C(=O)O)CC1. The molecular weight excluding hydrogens is 266 g/mol. The number of aryl methyl sites for hydroxylation is 1. The third-order valence-electron chi connectivity index (χ3n) is 4.34. The van der Waals surface area contributed by atoms with Crippen molar-refractivity contribution < 1.29 is 14.7 Å². The van der Waals surface area contributed by atoms with Crippen LogP contribution in [0.15, 0.2) is 24.3 Å². The van der Waals surface area contributed by atoms with E-state index in [-0.39, 0.29) is 17.7 Å². The molecule has 2 rings (SSSR count). The molecule has 21 heavy (non-hydrogen) atoms. The second kappa shape index (κ2) is 6.85. The first kappa shape index (κ1) is 15.7. The average Bonchev–Trinajstić information content (AvgIpc) is 2.49. The molecule has 1 aliphatic heterocycles. The largest absolute Gasteiger partial charge is 0.481 e. The molecule has 1 aromatic carbocycles. The van der Waals surface area contributed by atoms with E-state index in [0.29, 0.717) is 25.9 Å². The van der Waals surface area contributed by atoms with Crippen molar-refractivity contribution in [1.29, 1.82) is 0 Å². The van der Waals surface area contributed by atoms with Crippen LogP contribution >= 0.6 is 0 Å². The summed E-state index contributed by atoms with van der Waals surface area (Å²) in [6, 6.07) is 7.53. The quantitative estimate of drug-likeness (QED) is 0.847. The molecule has 4 heteroatoms. The van der Waals surface area contributed by atoms with Gasteiger partial charge in [-0.1, -0.05) is 36.8 Å². The minimum Gasteiger partial charge on any atom is -0.481 e. The number of hydrogen-bond acceptors (Lipinski definition) is 3. The summed E-state index contributed by atoms with van der Waals surface area (Å²) in [6.07, 6.45) is 2.02. The van der Waals surface area contributed by atoms with Gasteiger partial charge in [-0.25, -0.2) is 0 Å². The Morgan fingerprint density at radius 3 is 2.29 bits per heavy atom. The third kappa shape index (κ3) is 3.70. The Labute approximate surface area is 125 Å². The molecule has 0 saturated carbocycles. The number of carboxylic acids is 1. The summed E-state index contributed by atoms with van der Waals surface area (Å²) in [7, 11) is 0. The van der Waals surface area contributed by atoms with E-state index >= 15 is 0 Å². The van der Waals surface area contributed by atoms with Crippen LogP contribution in [0.3, 0.4) is 0 Å². The van der Waals surface area contributed by atoms with Crippen molar-refractivity contribution in [2.24, 2.45) is 5.92 Å². The fraction of sp³-hybridized carbons (Fsp3) is 0.529. The van der Waals surface area contributed by atoms with Gasteiger partial charge in [0.05, 0.1) is 12.0 Å². The van der Waals surface area contributed by atoms with E-state index < -0.39 is 5.97 Å². The minimum atomic E-state index is -0.715. The van der Waals surface area contributed by atoms with Crippen molar-refractivity contribution in [2.45, 2.75) is 39.2 Å². The molecule has 1 fully saturated rings. The number of likely N-dealkylation sites (tertiary alicyclic amines) is 1. The predicted octanol–water partition coefficient (Wildman–Crippen LogP) is 2.75. The molecular formula is C17H23NO3. The Balaban J connectivity index is 2.04. The zero-order chi connectivity index (χ0) is 15.4. The van der Waals surface area contributed by atoms with Crippen LogP contribution in [0.4, 0.5) is 0 Å². The topological polar surface area (TPSA) is 57.6 Å². The van der Waals surface area contributed by atoms with Crippen molar-refractivity contribution in [3.63, 3.8) is 0 Å². The molecule has 0 aromatic heterocycles. The van der Waals surface area contributed by atoms with Gasteiger partial charge < -0.3 is 5.11 Å². The van der Waals surface area contributed by atoms with Crippen LogP contribution in [0.5, 0.6) is 0 Å². The molecule has 1 saturated heterocycles. The second-order valence-corrected chi connectivity index (χ2v) is 5.80. The van der Waals surface area contributed by atoms with E-state index in [1.165, 1.54) is 0 Å². The molecule has 1 N–H and O–H groups in total. The summed E-state index contributed by atoms with van der Waals surface area (Å²) >= 11 is 0. The number of carboxylic acid groups (broad SMARTS) is 1. The lowest BCUT2D eigenvalue weighted by Gasteiger charge is -2.35. The molecule has 0 amide bonds. The van der Waals surface area contributed by atoms with Gasteiger partial charge in [0.15, 0.2) is 5.78 Å². The van der Waals surface area contributed by atoms with Crippen LogP contribution in [0.25, 0.3) is 0 Å². The van der Waals surface area contributed by atoms with Crippen molar-refractivity contribution in [2.75, 3.05) is 13.1 Å². The molecule has 0 aliphatic carbocycles. The van der Waals surface area contributed by atoms with Crippen LogP contribution in [-0.4, -0.2) is 40.9 Å². The summed E-state index contributed by atoms with van der Waals surface area (Å²) in [4.78, 5) is 25.8. The molecule has 4 nitrogen and oxygen atoms in total. The molecule has 114 valence electrons. The maximum Gasteiger partial charge on any atom is 0.306 e. The number of nitrogens with zero attached hydrogens (tertiary/aromatic N) is 1. The van der Waals surface area contributed by atoms with Gasteiger partial charge in [-0.2, -0.15) is 0 Å². The van der Waals surface area contributed by atoms with Crippen LogP contribution < -0.4 is 0 Å². The lowest BCUT2D eigenvalue weighted by molar-refractivity contribution is -0.143. The average molecular weight is 289 g/mol. The summed E-state index contributed by atoms with van der Waals surface area (Å²) < 4.78 is 0. The second-order valence-electron chi connectivity index (χ2n) is 5.80. The number of rotatable bonds is 5. The summed E-state index contributed by atoms with van der Waals surface area (Å²) in [5, 5.41) is 9.05. The Kier molecular flexibility index (Phi) is 5.12. The normalized spacial score (nSPS) is 18.4. The van der Waals surface area contributed by atoms with Gasteiger partial charge in [0, 0.05) is 5.56 Å². The van der Waals surface area contributed by atoms with Gasteiger partial charge in [-0.15, -0.1) is 0 Å². The number of carbonyl (C=O) groups is 2. The number of Topliss-reactive ketones (excluding diaryl/α,β-unsaturated/α-hetero) is 1. The van der Waals surface area contributed by atoms with E-state index in [9.17, 15) is 9.59 Å². The number of ketones is 1. The van der Waals surface area contributed by atoms with Crippen LogP contribution in [0.1, 0.15) is 42.1 Å². The monoisotopic (exact) mass is 289 g/mol. The van der Waals surface area contributed by atoms with Gasteiger partial charge in [-0.3, -0.25) is 14.5 Å². The molecule has 1 atom stereocenters. The highest BCUT2D eigenvalue weighted by molar-refractivity contribution is 6.00. The molecule has 1 aromatic rings. The van der Waals surface area contributed by atoms with Crippen molar-refractivity contribution >= 4 is 11.8 Å². The lowest BCUT2D eigenvalue weighted by atomic mass is 9.93. The van der Waals surface area contributed by atoms with Crippen molar-refractivity contribution in [3.05, 3.63) is 35.4 Å². The molecule has 0 spiro atoms. The predicted molar refractivity (Wildman–Crippen MR) is 81.5 cm³/mol. The van der Waals surface area contributed by atoms with Crippen LogP contribution in [-0.2, 0) is 4.79 Å². The van der Waals surface area contributed by atoms with Gasteiger partial charge in [0.1, 0.15) is 0 Å². The summed E-state index contributed by atoms with van der Waals surface area (Å²) in [5.41, 5.74) is 1.88. The molecule has 1 aliphatic rings. The Morgan fingerprint density at radius 1 is 1.24 bits per heavy atom. The number of benzene rings is 1. The van der Waals surface area contributed by atoms with Gasteiger partial charge in [-0.05, 0) is 39.3 Å².